The molecule has 0 aromatic heterocycles. The minimum Gasteiger partial charge on any atom is -0.496 e. The molecule has 0 spiro atoms. The molecule has 0 aliphatic heterocycles. The first-order valence-corrected chi connectivity index (χ1v) is 10.5. The van der Waals surface area contributed by atoms with Gasteiger partial charge in [0.2, 0.25) is 12.2 Å². The maximum Gasteiger partial charge on any atom is 0.255 e. The van der Waals surface area contributed by atoms with Crippen LogP contribution in [0.4, 0.5) is 0 Å². The first-order valence-electron chi connectivity index (χ1n) is 10.5. The molecule has 1 amide bonds. The first kappa shape index (κ1) is 22.2. The van der Waals surface area contributed by atoms with E-state index in [-0.39, 0.29) is 24.0 Å². The molecule has 1 aliphatic carbocycles. The van der Waals surface area contributed by atoms with Crippen molar-refractivity contribution in [2.75, 3.05) is 14.2 Å². The zero-order chi connectivity index (χ0) is 22.2. The fourth-order valence-corrected chi connectivity index (χ4v) is 4.32. The molecule has 1 atom stereocenters. The molecule has 2 aromatic carbocycles. The molecule has 31 heavy (non-hydrogen) atoms. The predicted molar refractivity (Wildman–Crippen MR) is 120 cm³/mol. The van der Waals surface area contributed by atoms with E-state index >= 15 is 0 Å². The summed E-state index contributed by atoms with van der Waals surface area (Å²) in [6.45, 7) is 0. The van der Waals surface area contributed by atoms with E-state index in [2.05, 4.69) is 22.4 Å². The number of guanidine groups is 1. The second kappa shape index (κ2) is 10.5. The number of methoxy groups -OCH3 is 1. The lowest BCUT2D eigenvalue weighted by molar-refractivity contribution is 0.0901. The van der Waals surface area contributed by atoms with Crippen LogP contribution < -0.4 is 15.8 Å². The van der Waals surface area contributed by atoms with Gasteiger partial charge in [-0.1, -0.05) is 42.5 Å². The van der Waals surface area contributed by atoms with Gasteiger partial charge in [0.1, 0.15) is 5.75 Å². The number of nitrogens with zero attached hydrogens (tertiary/aromatic N) is 3. The van der Waals surface area contributed by atoms with Crippen molar-refractivity contribution in [3.8, 4) is 11.9 Å². The van der Waals surface area contributed by atoms with Gasteiger partial charge in [-0.25, -0.2) is 0 Å². The molecular weight excluding hydrogens is 390 g/mol. The Bertz CT molecular complexity index is 946. The molecule has 2 aromatic rings. The van der Waals surface area contributed by atoms with Gasteiger partial charge in [0.05, 0.1) is 18.7 Å². The number of hydrogen-bond donors (Lipinski definition) is 2. The van der Waals surface area contributed by atoms with E-state index in [1.54, 1.807) is 25.4 Å². The van der Waals surface area contributed by atoms with Crippen LogP contribution in [0.2, 0.25) is 0 Å². The molecule has 0 heterocycles. The lowest BCUT2D eigenvalue weighted by Gasteiger charge is -2.38. The average molecular weight is 420 g/mol. The van der Waals surface area contributed by atoms with E-state index in [1.807, 2.05) is 42.3 Å². The van der Waals surface area contributed by atoms with E-state index in [0.29, 0.717) is 17.2 Å². The van der Waals surface area contributed by atoms with E-state index < -0.39 is 0 Å². The number of nitriles is 1. The summed E-state index contributed by atoms with van der Waals surface area (Å²) in [6, 6.07) is 17.5. The van der Waals surface area contributed by atoms with E-state index in [4.69, 9.17) is 15.7 Å². The number of amides is 1. The van der Waals surface area contributed by atoms with Crippen LogP contribution in [0, 0.1) is 17.4 Å². The Balaban J connectivity index is 1.76. The number of benzene rings is 2. The van der Waals surface area contributed by atoms with Gasteiger partial charge in [-0.05, 0) is 49.3 Å². The molecule has 1 fully saturated rings. The van der Waals surface area contributed by atoms with E-state index in [0.717, 1.165) is 31.2 Å². The molecule has 3 N–H and O–H groups in total. The van der Waals surface area contributed by atoms with Gasteiger partial charge in [-0.3, -0.25) is 4.79 Å². The summed E-state index contributed by atoms with van der Waals surface area (Å²) in [4.78, 5) is 18.6. The van der Waals surface area contributed by atoms with Crippen LogP contribution in [-0.2, 0) is 0 Å². The van der Waals surface area contributed by atoms with Crippen molar-refractivity contribution < 1.29 is 9.53 Å². The SMILES string of the molecule is COc1ccccc1C(=O)NC(c1ccccc1)[C@H]1CC[C@H](N(C)C(N)=NC#N)CC1. The third kappa shape index (κ3) is 5.34. The Morgan fingerprint density at radius 1 is 1.16 bits per heavy atom. The largest absolute Gasteiger partial charge is 0.496 e. The Hall–Kier alpha value is -3.53. The van der Waals surface area contributed by atoms with Gasteiger partial charge in [-0.15, -0.1) is 4.99 Å². The number of para-hydroxylation sites is 1. The normalized spacial score (nSPS) is 19.7. The summed E-state index contributed by atoms with van der Waals surface area (Å²) >= 11 is 0. The number of rotatable bonds is 6. The second-order valence-corrected chi connectivity index (χ2v) is 7.81. The molecule has 1 aliphatic rings. The average Bonchev–Trinajstić information content (AvgIpc) is 2.82. The summed E-state index contributed by atoms with van der Waals surface area (Å²) in [7, 11) is 3.44. The molecule has 1 unspecified atom stereocenters. The van der Waals surface area contributed by atoms with E-state index in [1.165, 1.54) is 0 Å². The van der Waals surface area contributed by atoms with Gasteiger partial charge in [-0.2, -0.15) is 5.26 Å². The number of ether oxygens (including phenoxy) is 1. The summed E-state index contributed by atoms with van der Waals surface area (Å²) in [5.41, 5.74) is 7.50. The van der Waals surface area contributed by atoms with Crippen LogP contribution >= 0.6 is 0 Å². The number of nitrogens with one attached hydrogen (secondary N) is 1. The van der Waals surface area contributed by atoms with Gasteiger partial charge >= 0.3 is 0 Å². The van der Waals surface area contributed by atoms with Crippen LogP contribution in [0.15, 0.2) is 59.6 Å². The van der Waals surface area contributed by atoms with Gasteiger partial charge < -0.3 is 20.7 Å². The first-order chi connectivity index (χ1) is 15.0. The molecular formula is C24H29N5O2. The Labute approximate surface area is 183 Å². The highest BCUT2D eigenvalue weighted by molar-refractivity contribution is 5.97. The van der Waals surface area contributed by atoms with E-state index in [9.17, 15) is 4.79 Å². The molecule has 1 saturated carbocycles. The van der Waals surface area contributed by atoms with Crippen molar-refractivity contribution in [1.82, 2.24) is 10.2 Å². The number of carbonyl (C=O) groups is 1. The zero-order valence-electron chi connectivity index (χ0n) is 18.0. The molecule has 0 bridgehead atoms. The Kier molecular flexibility index (Phi) is 7.50. The smallest absolute Gasteiger partial charge is 0.255 e. The third-order valence-corrected chi connectivity index (χ3v) is 6.08. The number of hydrogen-bond acceptors (Lipinski definition) is 4. The summed E-state index contributed by atoms with van der Waals surface area (Å²) in [6.07, 6.45) is 5.44. The highest BCUT2D eigenvalue weighted by atomic mass is 16.5. The van der Waals surface area contributed by atoms with Gasteiger partial charge in [0, 0.05) is 13.1 Å². The standard InChI is InChI=1S/C24H29N5O2/c1-29(24(26)27-16-25)19-14-12-18(13-15-19)22(17-8-4-3-5-9-17)28-23(30)20-10-6-7-11-21(20)31-2/h3-11,18-19,22H,12-15H2,1-2H3,(H2,26,27)(H,28,30)/t18-,19-,22?. The predicted octanol–water partition coefficient (Wildman–Crippen LogP) is 3.45. The zero-order valence-corrected chi connectivity index (χ0v) is 18.0. The van der Waals surface area contributed by atoms with Crippen molar-refractivity contribution in [2.45, 2.75) is 37.8 Å². The number of carbonyl (C=O) groups excluding carboxylic acids is 1. The van der Waals surface area contributed by atoms with Crippen LogP contribution in [-0.4, -0.2) is 37.0 Å². The Morgan fingerprint density at radius 2 is 1.81 bits per heavy atom. The summed E-state index contributed by atoms with van der Waals surface area (Å²) in [5.74, 6) is 0.954. The monoisotopic (exact) mass is 419 g/mol. The van der Waals surface area contributed by atoms with Crippen LogP contribution in [0.5, 0.6) is 5.75 Å². The minimum atomic E-state index is -0.143. The highest BCUT2D eigenvalue weighted by Gasteiger charge is 2.32. The summed E-state index contributed by atoms with van der Waals surface area (Å²) in [5, 5.41) is 12.0. The van der Waals surface area contributed by atoms with Crippen LogP contribution in [0.25, 0.3) is 0 Å². The minimum absolute atomic E-state index is 0.102. The third-order valence-electron chi connectivity index (χ3n) is 6.08. The number of nitrogens with two attached hydrogens (primary N) is 1. The van der Waals surface area contributed by atoms with Crippen molar-refractivity contribution in [3.05, 3.63) is 65.7 Å². The molecule has 3 rings (SSSR count). The molecule has 162 valence electrons. The number of aliphatic imine (C=N–C) groups is 1. The van der Waals surface area contributed by atoms with Gasteiger partial charge in [0.25, 0.3) is 5.91 Å². The molecule has 0 radical (unpaired) electrons. The highest BCUT2D eigenvalue weighted by Crippen LogP contribution is 2.36. The van der Waals surface area contributed by atoms with Crippen LogP contribution in [0.3, 0.4) is 0 Å². The van der Waals surface area contributed by atoms with Crippen molar-refractivity contribution in [2.24, 2.45) is 16.6 Å². The fraction of sp³-hybridized carbons (Fsp3) is 0.375. The van der Waals surface area contributed by atoms with Crippen molar-refractivity contribution in [1.29, 1.82) is 5.26 Å². The van der Waals surface area contributed by atoms with Crippen molar-refractivity contribution >= 4 is 11.9 Å². The molecule has 0 saturated heterocycles. The molecule has 7 nitrogen and oxygen atoms in total. The van der Waals surface area contributed by atoms with Crippen LogP contribution in [0.1, 0.15) is 47.6 Å². The second-order valence-electron chi connectivity index (χ2n) is 7.81. The maximum atomic E-state index is 13.1. The maximum absolute atomic E-state index is 13.1. The van der Waals surface area contributed by atoms with Gasteiger partial charge in [0.15, 0.2) is 0 Å². The summed E-state index contributed by atoms with van der Waals surface area (Å²) < 4.78 is 5.37. The topological polar surface area (TPSA) is 104 Å². The lowest BCUT2D eigenvalue weighted by atomic mass is 9.78. The lowest BCUT2D eigenvalue weighted by Crippen LogP contribution is -2.44. The van der Waals surface area contributed by atoms with Crippen molar-refractivity contribution in [3.63, 3.8) is 0 Å². The molecule has 7 heteroatoms. The Morgan fingerprint density at radius 3 is 2.45 bits per heavy atom. The fourth-order valence-electron chi connectivity index (χ4n) is 4.32. The quantitative estimate of drug-likeness (QED) is 0.424.